The zero-order chi connectivity index (χ0) is 22.0. The Morgan fingerprint density at radius 1 is 1.10 bits per heavy atom. The summed E-state index contributed by atoms with van der Waals surface area (Å²) >= 11 is 0. The van der Waals surface area contributed by atoms with Gasteiger partial charge in [-0.15, -0.1) is 0 Å². The summed E-state index contributed by atoms with van der Waals surface area (Å²) in [6, 6.07) is 1.44. The van der Waals surface area contributed by atoms with E-state index in [2.05, 4.69) is 9.84 Å². The van der Waals surface area contributed by atoms with Gasteiger partial charge in [-0.1, -0.05) is 6.07 Å². The molecule has 0 aliphatic rings. The summed E-state index contributed by atoms with van der Waals surface area (Å²) in [6.07, 6.45) is -5.97. The summed E-state index contributed by atoms with van der Waals surface area (Å²) in [6.45, 7) is 1.69. The van der Waals surface area contributed by atoms with Gasteiger partial charge in [-0.3, -0.25) is 0 Å². The molecule has 0 spiro atoms. The van der Waals surface area contributed by atoms with Crippen molar-refractivity contribution < 1.29 is 44.7 Å². The minimum absolute atomic E-state index is 0.169. The van der Waals surface area contributed by atoms with Crippen molar-refractivity contribution >= 4 is 12.2 Å². The average molecular weight is 426 g/mol. The molecule has 2 rings (SSSR count). The lowest BCUT2D eigenvalue weighted by Crippen LogP contribution is -2.58. The van der Waals surface area contributed by atoms with Crippen LogP contribution in [0.3, 0.4) is 0 Å². The number of nitrogens with zero attached hydrogens (tertiary/aromatic N) is 1. The topological polar surface area (TPSA) is 63.8 Å². The van der Waals surface area contributed by atoms with Crippen LogP contribution in [0.25, 0.3) is 11.3 Å². The molecule has 1 aromatic carbocycles. The van der Waals surface area contributed by atoms with Crippen molar-refractivity contribution in [3.8, 4) is 11.3 Å². The van der Waals surface area contributed by atoms with E-state index in [9.17, 15) is 35.5 Å². The Labute approximate surface area is 159 Å². The number of esters is 1. The summed E-state index contributed by atoms with van der Waals surface area (Å²) in [5.41, 5.74) is 1.81. The maximum Gasteiger partial charge on any atom is 0.462 e. The first-order valence-electron chi connectivity index (χ1n) is 7.72. The Morgan fingerprint density at radius 2 is 1.76 bits per heavy atom. The van der Waals surface area contributed by atoms with Crippen LogP contribution >= 0.6 is 0 Å². The van der Waals surface area contributed by atoms with E-state index in [1.54, 1.807) is 13.0 Å². The molecule has 1 aromatic heterocycles. The van der Waals surface area contributed by atoms with Gasteiger partial charge in [0.15, 0.2) is 0 Å². The lowest BCUT2D eigenvalue weighted by Gasteiger charge is -2.27. The van der Waals surface area contributed by atoms with Crippen LogP contribution < -0.4 is 5.43 Å². The van der Waals surface area contributed by atoms with Gasteiger partial charge in [-0.05, 0) is 36.8 Å². The van der Waals surface area contributed by atoms with E-state index in [0.717, 1.165) is 0 Å². The molecule has 0 fully saturated rings. The van der Waals surface area contributed by atoms with Gasteiger partial charge in [0.05, 0.1) is 18.9 Å². The molecular weight excluding hydrogens is 413 g/mol. The molecule has 0 aliphatic carbocycles. The number of hydrazone groups is 1. The second-order valence-electron chi connectivity index (χ2n) is 5.74. The normalized spacial score (nSPS) is 13.0. The van der Waals surface area contributed by atoms with E-state index in [-0.39, 0.29) is 17.1 Å². The first kappa shape index (κ1) is 22.2. The smallest absolute Gasteiger partial charge is 0.462 e. The lowest BCUT2D eigenvalue weighted by atomic mass is 10.0. The molecule has 0 atom stereocenters. The highest BCUT2D eigenvalue weighted by molar-refractivity contribution is 5.91. The van der Waals surface area contributed by atoms with E-state index in [0.29, 0.717) is 22.8 Å². The third-order valence-electron chi connectivity index (χ3n) is 3.70. The molecule has 0 unspecified atom stereocenters. The summed E-state index contributed by atoms with van der Waals surface area (Å²) in [4.78, 5) is 11.6. The molecule has 0 saturated heterocycles. The highest BCUT2D eigenvalue weighted by Crippen LogP contribution is 2.45. The van der Waals surface area contributed by atoms with Crippen LogP contribution in [0.1, 0.15) is 21.7 Å². The number of nitrogens with one attached hydrogen (secondary N) is 1. The van der Waals surface area contributed by atoms with Gasteiger partial charge >= 0.3 is 24.1 Å². The number of benzene rings is 1. The first-order valence-corrected chi connectivity index (χ1v) is 7.72. The van der Waals surface area contributed by atoms with Gasteiger partial charge in [0, 0.05) is 5.56 Å². The highest BCUT2D eigenvalue weighted by atomic mass is 19.4. The number of hydrogen-bond acceptors (Lipinski definition) is 5. The minimum atomic E-state index is -6.47. The standard InChI is InChI=1S/C17H13F7N2O3/c1-9-3-4-10(14(27)28-2)7-12(9)13-6-5-11(29-13)8-25-26-17(23,24)15(18,19)16(20,21)22/h3-8,26H,1-2H3/b25-8+. The predicted molar refractivity (Wildman–Crippen MR) is 86.9 cm³/mol. The fourth-order valence-electron chi connectivity index (χ4n) is 2.12. The summed E-state index contributed by atoms with van der Waals surface area (Å²) in [7, 11) is 1.19. The molecule has 0 radical (unpaired) electrons. The van der Waals surface area contributed by atoms with E-state index in [1.165, 1.54) is 31.4 Å². The summed E-state index contributed by atoms with van der Waals surface area (Å²) in [5, 5.41) is 2.71. The molecule has 1 heterocycles. The Morgan fingerprint density at radius 3 is 2.34 bits per heavy atom. The molecule has 2 aromatic rings. The minimum Gasteiger partial charge on any atom is -0.465 e. The van der Waals surface area contributed by atoms with E-state index in [4.69, 9.17) is 4.42 Å². The third kappa shape index (κ3) is 4.51. The number of rotatable bonds is 6. The number of carbonyl (C=O) groups excluding carboxylic acids is 1. The highest BCUT2D eigenvalue weighted by Gasteiger charge is 2.73. The number of hydrogen-bond donors (Lipinski definition) is 1. The van der Waals surface area contributed by atoms with Crippen molar-refractivity contribution in [3.63, 3.8) is 0 Å². The van der Waals surface area contributed by atoms with Crippen LogP contribution in [0, 0.1) is 6.92 Å². The Hall–Kier alpha value is -3.05. The van der Waals surface area contributed by atoms with Gasteiger partial charge in [-0.25, -0.2) is 10.2 Å². The maximum atomic E-state index is 13.1. The number of halogens is 7. The van der Waals surface area contributed by atoms with Gasteiger partial charge in [0.25, 0.3) is 0 Å². The van der Waals surface area contributed by atoms with E-state index in [1.807, 2.05) is 0 Å². The van der Waals surface area contributed by atoms with Crippen molar-refractivity contribution in [1.82, 2.24) is 5.43 Å². The molecule has 158 valence electrons. The van der Waals surface area contributed by atoms with E-state index >= 15 is 0 Å². The Bertz CT molecular complexity index is 920. The van der Waals surface area contributed by atoms with Crippen LogP contribution in [0.2, 0.25) is 0 Å². The fourth-order valence-corrected chi connectivity index (χ4v) is 2.12. The first-order chi connectivity index (χ1) is 13.3. The predicted octanol–water partition coefficient (Wildman–Crippen LogP) is 4.76. The zero-order valence-corrected chi connectivity index (χ0v) is 14.8. The van der Waals surface area contributed by atoms with Crippen molar-refractivity contribution in [2.75, 3.05) is 7.11 Å². The second kappa shape index (κ2) is 7.76. The molecule has 0 aliphatic heterocycles. The average Bonchev–Trinajstić information content (AvgIpc) is 3.08. The zero-order valence-electron chi connectivity index (χ0n) is 14.8. The quantitative estimate of drug-likeness (QED) is 0.238. The van der Waals surface area contributed by atoms with Gasteiger partial charge in [0.1, 0.15) is 11.5 Å². The number of furan rings is 1. The molecular formula is C17H13F7N2O3. The van der Waals surface area contributed by atoms with Gasteiger partial charge < -0.3 is 9.15 Å². The number of methoxy groups -OCH3 is 1. The third-order valence-corrected chi connectivity index (χ3v) is 3.70. The fraction of sp³-hybridized carbons (Fsp3) is 0.294. The molecule has 1 N–H and O–H groups in total. The number of ether oxygens (including phenoxy) is 1. The number of aryl methyl sites for hydroxylation is 1. The van der Waals surface area contributed by atoms with Crippen molar-refractivity contribution in [3.05, 3.63) is 47.2 Å². The van der Waals surface area contributed by atoms with E-state index < -0.39 is 24.1 Å². The van der Waals surface area contributed by atoms with Gasteiger partial charge in [-0.2, -0.15) is 35.8 Å². The molecule has 5 nitrogen and oxygen atoms in total. The molecule has 0 bridgehead atoms. The SMILES string of the molecule is COC(=O)c1ccc(C)c(-c2ccc(/C=N/NC(F)(F)C(F)(F)C(F)(F)F)o2)c1. The van der Waals surface area contributed by atoms with Crippen LogP contribution in [-0.4, -0.2) is 37.4 Å². The van der Waals surface area contributed by atoms with Crippen LogP contribution in [0.5, 0.6) is 0 Å². The summed E-state index contributed by atoms with van der Waals surface area (Å²) in [5.74, 6) is -7.00. The summed E-state index contributed by atoms with van der Waals surface area (Å²) < 4.78 is 97.8. The van der Waals surface area contributed by atoms with Gasteiger partial charge in [0.2, 0.25) is 0 Å². The van der Waals surface area contributed by atoms with Crippen LogP contribution in [0.4, 0.5) is 30.7 Å². The maximum absolute atomic E-state index is 13.1. The Balaban J connectivity index is 2.20. The molecule has 29 heavy (non-hydrogen) atoms. The van der Waals surface area contributed by atoms with Crippen molar-refractivity contribution in [1.29, 1.82) is 0 Å². The van der Waals surface area contributed by atoms with Crippen molar-refractivity contribution in [2.24, 2.45) is 5.10 Å². The van der Waals surface area contributed by atoms with Crippen LogP contribution in [-0.2, 0) is 4.74 Å². The number of carbonyl (C=O) groups is 1. The molecule has 0 amide bonds. The molecule has 12 heteroatoms. The molecule has 0 saturated carbocycles. The monoisotopic (exact) mass is 426 g/mol. The largest absolute Gasteiger partial charge is 0.465 e. The Kier molecular flexibility index (Phi) is 5.95. The number of alkyl halides is 7. The second-order valence-corrected chi connectivity index (χ2v) is 5.74. The van der Waals surface area contributed by atoms with Crippen molar-refractivity contribution in [2.45, 2.75) is 25.1 Å². The van der Waals surface area contributed by atoms with Crippen LogP contribution in [0.15, 0.2) is 39.9 Å². The lowest BCUT2D eigenvalue weighted by molar-refractivity contribution is -0.361.